The first-order chi connectivity index (χ1) is 17.6. The molecule has 1 N–H and O–H groups in total. The van der Waals surface area contributed by atoms with Crippen molar-refractivity contribution in [2.24, 2.45) is 0 Å². The van der Waals surface area contributed by atoms with Crippen LogP contribution in [0.15, 0.2) is 49.1 Å². The molecule has 0 radical (unpaired) electrons. The molecule has 1 aliphatic heterocycles. The molecular formula is C26H25ClN8O. The Morgan fingerprint density at radius 2 is 1.89 bits per heavy atom. The Morgan fingerprint density at radius 1 is 1.11 bits per heavy atom. The van der Waals surface area contributed by atoms with Crippen molar-refractivity contribution in [3.63, 3.8) is 0 Å². The molecule has 0 spiro atoms. The second-order valence-corrected chi connectivity index (χ2v) is 9.91. The third-order valence-electron chi connectivity index (χ3n) is 7.44. The summed E-state index contributed by atoms with van der Waals surface area (Å²) in [6.07, 6.45) is 8.87. The average molecular weight is 501 g/mol. The molecule has 6 rings (SSSR count). The standard InChI is InChI=1S/C26H25ClN8O/c27-19-4-2-18(3-5-19)25(36)34-14-12-33(13-15-34)24-21(22-20-6-11-29-23(20)31-17-30-22)16-35(32-24)26(9-10-28)7-1-8-26/h2-6,11,16-17H,1,7-9,12-15H2,(H,29,30,31). The number of anilines is 1. The van der Waals surface area contributed by atoms with Gasteiger partial charge in [-0.3, -0.25) is 9.48 Å². The molecule has 4 aromatic rings. The van der Waals surface area contributed by atoms with Crippen LogP contribution in [0.4, 0.5) is 5.82 Å². The van der Waals surface area contributed by atoms with Gasteiger partial charge in [0.25, 0.3) is 5.91 Å². The Kier molecular flexibility index (Phi) is 5.61. The van der Waals surface area contributed by atoms with Gasteiger partial charge < -0.3 is 14.8 Å². The molecule has 9 nitrogen and oxygen atoms in total. The van der Waals surface area contributed by atoms with E-state index in [0.717, 1.165) is 47.4 Å². The Hall–Kier alpha value is -3.90. The van der Waals surface area contributed by atoms with Crippen LogP contribution in [0.25, 0.3) is 22.3 Å². The molecule has 36 heavy (non-hydrogen) atoms. The van der Waals surface area contributed by atoms with Gasteiger partial charge in [0, 0.05) is 54.5 Å². The number of fused-ring (bicyclic) bond motifs is 1. The van der Waals surface area contributed by atoms with Gasteiger partial charge in [-0.2, -0.15) is 10.4 Å². The molecule has 0 unspecified atom stereocenters. The summed E-state index contributed by atoms with van der Waals surface area (Å²) in [4.78, 5) is 29.2. The Bertz CT molecular complexity index is 1460. The van der Waals surface area contributed by atoms with Gasteiger partial charge >= 0.3 is 0 Å². The van der Waals surface area contributed by atoms with E-state index in [-0.39, 0.29) is 11.4 Å². The molecule has 0 atom stereocenters. The maximum Gasteiger partial charge on any atom is 0.253 e. The zero-order chi connectivity index (χ0) is 24.7. The van der Waals surface area contributed by atoms with E-state index in [0.29, 0.717) is 43.2 Å². The number of nitriles is 1. The zero-order valence-corrected chi connectivity index (χ0v) is 20.4. The maximum atomic E-state index is 13.0. The van der Waals surface area contributed by atoms with Crippen LogP contribution in [0, 0.1) is 11.3 Å². The summed E-state index contributed by atoms with van der Waals surface area (Å²) in [6, 6.07) is 11.3. The van der Waals surface area contributed by atoms with Crippen LogP contribution in [-0.4, -0.2) is 61.7 Å². The van der Waals surface area contributed by atoms with Crippen molar-refractivity contribution in [3.8, 4) is 17.3 Å². The number of hydrogen-bond donors (Lipinski definition) is 1. The minimum Gasteiger partial charge on any atom is -0.351 e. The lowest BCUT2D eigenvalue weighted by atomic mass is 9.75. The van der Waals surface area contributed by atoms with Gasteiger partial charge in [-0.1, -0.05) is 11.6 Å². The largest absolute Gasteiger partial charge is 0.351 e. The molecule has 3 aromatic heterocycles. The first-order valence-electron chi connectivity index (χ1n) is 12.1. The summed E-state index contributed by atoms with van der Waals surface area (Å²) in [5.41, 5.74) is 2.88. The molecule has 1 saturated heterocycles. The van der Waals surface area contributed by atoms with Crippen molar-refractivity contribution in [3.05, 3.63) is 59.6 Å². The van der Waals surface area contributed by atoms with Crippen LogP contribution >= 0.6 is 11.6 Å². The molecule has 1 amide bonds. The highest BCUT2D eigenvalue weighted by atomic mass is 35.5. The number of amides is 1. The third-order valence-corrected chi connectivity index (χ3v) is 7.69. The second-order valence-electron chi connectivity index (χ2n) is 9.47. The van der Waals surface area contributed by atoms with Crippen molar-refractivity contribution in [2.45, 2.75) is 31.2 Å². The van der Waals surface area contributed by atoms with Gasteiger partial charge in [0.1, 0.15) is 12.0 Å². The summed E-state index contributed by atoms with van der Waals surface area (Å²) < 4.78 is 2.00. The molecule has 10 heteroatoms. The van der Waals surface area contributed by atoms with Crippen molar-refractivity contribution in [2.75, 3.05) is 31.1 Å². The molecule has 2 aliphatic rings. The highest BCUT2D eigenvalue weighted by Gasteiger charge is 2.41. The SMILES string of the molecule is N#CCC1(n2cc(-c3ncnc4[nH]ccc34)c(N3CCN(C(=O)c4ccc(Cl)cc4)CC3)n2)CCC1. The number of nitrogens with one attached hydrogen (secondary N) is 1. The smallest absolute Gasteiger partial charge is 0.253 e. The van der Waals surface area contributed by atoms with E-state index in [1.54, 1.807) is 30.6 Å². The lowest BCUT2D eigenvalue weighted by Gasteiger charge is -2.40. The quantitative estimate of drug-likeness (QED) is 0.439. The zero-order valence-electron chi connectivity index (χ0n) is 19.7. The van der Waals surface area contributed by atoms with Crippen LogP contribution in [-0.2, 0) is 5.54 Å². The third kappa shape index (κ3) is 3.78. The fourth-order valence-corrected chi connectivity index (χ4v) is 5.34. The average Bonchev–Trinajstić information content (AvgIpc) is 3.54. The number of H-pyrrole nitrogens is 1. The Balaban J connectivity index is 1.32. The number of piperazine rings is 1. The first kappa shape index (κ1) is 22.6. The summed E-state index contributed by atoms with van der Waals surface area (Å²) in [5, 5.41) is 16.1. The summed E-state index contributed by atoms with van der Waals surface area (Å²) >= 11 is 5.98. The van der Waals surface area contributed by atoms with E-state index >= 15 is 0 Å². The van der Waals surface area contributed by atoms with Gasteiger partial charge in [-0.25, -0.2) is 9.97 Å². The topological polar surface area (TPSA) is 107 Å². The van der Waals surface area contributed by atoms with Crippen LogP contribution in [0.3, 0.4) is 0 Å². The van der Waals surface area contributed by atoms with Gasteiger partial charge in [0.15, 0.2) is 5.82 Å². The normalized spacial score (nSPS) is 17.1. The number of nitrogens with zero attached hydrogens (tertiary/aromatic N) is 7. The number of carbonyl (C=O) groups excluding carboxylic acids is 1. The van der Waals surface area contributed by atoms with Crippen LogP contribution in [0.5, 0.6) is 0 Å². The Morgan fingerprint density at radius 3 is 2.58 bits per heavy atom. The lowest BCUT2D eigenvalue weighted by molar-refractivity contribution is 0.0746. The molecule has 1 saturated carbocycles. The predicted molar refractivity (Wildman–Crippen MR) is 137 cm³/mol. The molecule has 1 aromatic carbocycles. The van der Waals surface area contributed by atoms with E-state index in [1.807, 2.05) is 28.0 Å². The van der Waals surface area contributed by atoms with Gasteiger partial charge in [0.2, 0.25) is 0 Å². The second kappa shape index (κ2) is 8.95. The molecule has 4 heterocycles. The van der Waals surface area contributed by atoms with Crippen molar-refractivity contribution in [1.29, 1.82) is 5.26 Å². The fraction of sp³-hybridized carbons (Fsp3) is 0.346. The monoisotopic (exact) mass is 500 g/mol. The molecule has 2 fully saturated rings. The van der Waals surface area contributed by atoms with E-state index < -0.39 is 0 Å². The van der Waals surface area contributed by atoms with Crippen LogP contribution in [0.1, 0.15) is 36.0 Å². The number of rotatable bonds is 5. The van der Waals surface area contributed by atoms with Crippen molar-refractivity contribution in [1.82, 2.24) is 29.6 Å². The highest BCUT2D eigenvalue weighted by molar-refractivity contribution is 6.30. The van der Waals surface area contributed by atoms with Crippen molar-refractivity contribution < 1.29 is 4.79 Å². The summed E-state index contributed by atoms with van der Waals surface area (Å²) in [5.74, 6) is 0.836. The number of halogens is 1. The fourth-order valence-electron chi connectivity index (χ4n) is 5.21. The van der Waals surface area contributed by atoms with Gasteiger partial charge in [0.05, 0.1) is 29.3 Å². The summed E-state index contributed by atoms with van der Waals surface area (Å²) in [7, 11) is 0. The number of aromatic amines is 1. The molecule has 0 bridgehead atoms. The van der Waals surface area contributed by atoms with Crippen molar-refractivity contribution >= 4 is 34.4 Å². The van der Waals surface area contributed by atoms with E-state index in [9.17, 15) is 10.1 Å². The summed E-state index contributed by atoms with van der Waals surface area (Å²) in [6.45, 7) is 2.47. The minimum atomic E-state index is -0.265. The Labute approximate surface area is 213 Å². The van der Waals surface area contributed by atoms with E-state index in [4.69, 9.17) is 16.7 Å². The first-order valence-corrected chi connectivity index (χ1v) is 12.5. The maximum absolute atomic E-state index is 13.0. The number of benzene rings is 1. The van der Waals surface area contributed by atoms with Gasteiger partial charge in [-0.05, 0) is 49.6 Å². The number of aromatic nitrogens is 5. The molecular weight excluding hydrogens is 476 g/mol. The molecule has 182 valence electrons. The van der Waals surface area contributed by atoms with Crippen LogP contribution in [0.2, 0.25) is 5.02 Å². The predicted octanol–water partition coefficient (Wildman–Crippen LogP) is 4.23. The highest BCUT2D eigenvalue weighted by Crippen LogP contribution is 2.44. The number of carbonyl (C=O) groups is 1. The number of hydrogen-bond acceptors (Lipinski definition) is 6. The van der Waals surface area contributed by atoms with Gasteiger partial charge in [-0.15, -0.1) is 0 Å². The lowest BCUT2D eigenvalue weighted by Crippen LogP contribution is -2.49. The van der Waals surface area contributed by atoms with E-state index in [2.05, 4.69) is 25.9 Å². The van der Waals surface area contributed by atoms with E-state index in [1.165, 1.54) is 0 Å². The minimum absolute atomic E-state index is 0.00402. The molecule has 1 aliphatic carbocycles. The van der Waals surface area contributed by atoms with Crippen LogP contribution < -0.4 is 4.90 Å².